The molecule has 1 heteroatoms. The van der Waals surface area contributed by atoms with Crippen LogP contribution in [0.3, 0.4) is 0 Å². The Morgan fingerprint density at radius 3 is 2.75 bits per heavy atom. The van der Waals surface area contributed by atoms with Gasteiger partial charge in [-0.25, -0.2) is 0 Å². The van der Waals surface area contributed by atoms with Crippen LogP contribution in [0.25, 0.3) is 0 Å². The molecule has 0 fully saturated rings. The lowest BCUT2D eigenvalue weighted by Gasteiger charge is -1.98. The van der Waals surface area contributed by atoms with E-state index in [9.17, 15) is 0 Å². The molecule has 0 amide bonds. The molecule has 0 aromatic heterocycles. The Hall–Kier alpha value is -0.810. The Bertz CT molecular complexity index is 181. The highest BCUT2D eigenvalue weighted by molar-refractivity contribution is 5.85. The van der Waals surface area contributed by atoms with Crippen LogP contribution in [-0.2, 0) is 0 Å². The van der Waals surface area contributed by atoms with Crippen LogP contribution in [0.1, 0.15) is 20.3 Å². The van der Waals surface area contributed by atoms with E-state index in [0.717, 1.165) is 6.42 Å². The molecule has 0 saturated carbocycles. The third kappa shape index (κ3) is 1.08. The predicted octanol–water partition coefficient (Wildman–Crippen LogP) is 1.91. The first-order chi connectivity index (χ1) is 3.79. The Kier molecular flexibility index (Phi) is 1.32. The first-order valence-corrected chi connectivity index (χ1v) is 2.73. The lowest BCUT2D eigenvalue weighted by atomic mass is 10.1. The molecule has 0 aromatic carbocycles. The summed E-state index contributed by atoms with van der Waals surface area (Å²) in [6.07, 6.45) is 2.73. The van der Waals surface area contributed by atoms with Gasteiger partial charge >= 0.3 is 0 Å². The third-order valence-electron chi connectivity index (χ3n) is 1.12. The summed E-state index contributed by atoms with van der Waals surface area (Å²) in [6, 6.07) is 0. The van der Waals surface area contributed by atoms with Crippen molar-refractivity contribution in [1.29, 1.82) is 0 Å². The van der Waals surface area contributed by atoms with E-state index in [2.05, 4.69) is 17.6 Å². The summed E-state index contributed by atoms with van der Waals surface area (Å²) < 4.78 is 0. The first kappa shape index (κ1) is 5.33. The fraction of sp³-hybridized carbons (Fsp3) is 0.429. The minimum Gasteiger partial charge on any atom is -0.257 e. The molecule has 1 nitrogen and oxygen atoms in total. The van der Waals surface area contributed by atoms with Crippen molar-refractivity contribution in [1.82, 2.24) is 0 Å². The van der Waals surface area contributed by atoms with Crippen LogP contribution in [0.15, 0.2) is 22.5 Å². The van der Waals surface area contributed by atoms with Crippen LogP contribution in [0.2, 0.25) is 0 Å². The average Bonchev–Trinajstić information content (AvgIpc) is 1.64. The maximum Gasteiger partial charge on any atom is 0.0685 e. The number of hydrogen-bond acceptors (Lipinski definition) is 1. The summed E-state index contributed by atoms with van der Waals surface area (Å²) in [5, 5.41) is 0. The summed E-state index contributed by atoms with van der Waals surface area (Å²) >= 11 is 0. The van der Waals surface area contributed by atoms with Gasteiger partial charge in [0.1, 0.15) is 0 Å². The summed E-state index contributed by atoms with van der Waals surface area (Å²) in [4.78, 5) is 4.04. The molecule has 0 atom stereocenters. The van der Waals surface area contributed by atoms with E-state index in [4.69, 9.17) is 0 Å². The molecule has 1 heterocycles. The van der Waals surface area contributed by atoms with Gasteiger partial charge in [-0.3, -0.25) is 4.99 Å². The largest absolute Gasteiger partial charge is 0.257 e. The number of rotatable bonds is 0. The van der Waals surface area contributed by atoms with Gasteiger partial charge < -0.3 is 0 Å². The van der Waals surface area contributed by atoms with E-state index in [1.54, 1.807) is 6.20 Å². The van der Waals surface area contributed by atoms with Crippen LogP contribution in [-0.4, -0.2) is 5.71 Å². The molecule has 0 bridgehead atoms. The second-order valence-corrected chi connectivity index (χ2v) is 2.09. The molecule has 0 spiro atoms. The van der Waals surface area contributed by atoms with Crippen LogP contribution in [0, 0.1) is 0 Å². The van der Waals surface area contributed by atoms with Gasteiger partial charge in [-0.1, -0.05) is 0 Å². The van der Waals surface area contributed by atoms with Crippen molar-refractivity contribution in [3.05, 3.63) is 17.5 Å². The quantitative estimate of drug-likeness (QED) is 0.419. The van der Waals surface area contributed by atoms with Gasteiger partial charge in [0.05, 0.1) is 6.20 Å². The van der Waals surface area contributed by atoms with E-state index in [1.165, 1.54) is 11.3 Å². The van der Waals surface area contributed by atoms with Crippen molar-refractivity contribution in [2.75, 3.05) is 0 Å². The van der Waals surface area contributed by atoms with E-state index < -0.39 is 0 Å². The molecule has 0 N–H and O–H groups in total. The summed E-state index contributed by atoms with van der Waals surface area (Å²) in [6.45, 7) is 4.09. The number of hydrogen-bond donors (Lipinski definition) is 0. The SMILES string of the molecule is CC1=C=CN=C(C)C1. The molecular weight excluding hydrogens is 98.1 g/mol. The van der Waals surface area contributed by atoms with Crippen molar-refractivity contribution >= 4 is 5.71 Å². The highest BCUT2D eigenvalue weighted by Crippen LogP contribution is 2.03. The van der Waals surface area contributed by atoms with Gasteiger partial charge in [-0.15, -0.1) is 5.73 Å². The number of aliphatic imine (C=N–C) groups is 1. The van der Waals surface area contributed by atoms with E-state index >= 15 is 0 Å². The van der Waals surface area contributed by atoms with Crippen LogP contribution < -0.4 is 0 Å². The minimum atomic E-state index is 0.997. The van der Waals surface area contributed by atoms with Crippen LogP contribution in [0.5, 0.6) is 0 Å². The van der Waals surface area contributed by atoms with E-state index in [0.29, 0.717) is 0 Å². The second kappa shape index (κ2) is 1.97. The normalized spacial score (nSPS) is 17.8. The lowest BCUT2D eigenvalue weighted by Crippen LogP contribution is -1.92. The highest BCUT2D eigenvalue weighted by atomic mass is 14.7. The van der Waals surface area contributed by atoms with Crippen LogP contribution in [0.4, 0.5) is 0 Å². The Labute approximate surface area is 49.4 Å². The van der Waals surface area contributed by atoms with E-state index in [1.807, 2.05) is 6.92 Å². The Balaban J connectivity index is 2.83. The summed E-state index contributed by atoms with van der Waals surface area (Å²) in [5.41, 5.74) is 5.47. The van der Waals surface area contributed by atoms with Gasteiger partial charge in [-0.2, -0.15) is 0 Å². The van der Waals surface area contributed by atoms with Crippen LogP contribution >= 0.6 is 0 Å². The molecule has 1 aliphatic heterocycles. The minimum absolute atomic E-state index is 0.997. The van der Waals surface area contributed by atoms with E-state index in [-0.39, 0.29) is 0 Å². The standard InChI is InChI=1S/C7H9N/c1-6-3-4-8-7(2)5-6/h4H,5H2,1-2H3. The zero-order valence-corrected chi connectivity index (χ0v) is 5.23. The smallest absolute Gasteiger partial charge is 0.0685 e. The van der Waals surface area contributed by atoms with Gasteiger partial charge in [0.25, 0.3) is 0 Å². The summed E-state index contributed by atoms with van der Waals surface area (Å²) in [7, 11) is 0. The molecule has 0 unspecified atom stereocenters. The summed E-state index contributed by atoms with van der Waals surface area (Å²) in [5.74, 6) is 0. The van der Waals surface area contributed by atoms with Gasteiger partial charge in [0, 0.05) is 12.1 Å². The highest BCUT2D eigenvalue weighted by Gasteiger charge is 1.93. The van der Waals surface area contributed by atoms with Crippen molar-refractivity contribution in [3.8, 4) is 0 Å². The van der Waals surface area contributed by atoms with Gasteiger partial charge in [-0.05, 0) is 19.4 Å². The molecule has 0 saturated heterocycles. The molecule has 0 aromatic rings. The average molecular weight is 107 g/mol. The fourth-order valence-electron chi connectivity index (χ4n) is 0.733. The zero-order valence-electron chi connectivity index (χ0n) is 5.23. The van der Waals surface area contributed by atoms with Gasteiger partial charge in [0.2, 0.25) is 0 Å². The molecular formula is C7H9N. The molecule has 0 aliphatic carbocycles. The maximum absolute atomic E-state index is 4.04. The zero-order chi connectivity index (χ0) is 5.98. The second-order valence-electron chi connectivity index (χ2n) is 2.09. The van der Waals surface area contributed by atoms with Crippen molar-refractivity contribution in [2.45, 2.75) is 20.3 Å². The van der Waals surface area contributed by atoms with Gasteiger partial charge in [0.15, 0.2) is 0 Å². The monoisotopic (exact) mass is 107 g/mol. The predicted molar refractivity (Wildman–Crippen MR) is 35.0 cm³/mol. The molecule has 0 radical (unpaired) electrons. The topological polar surface area (TPSA) is 12.4 Å². The molecule has 42 valence electrons. The van der Waals surface area contributed by atoms with Crippen molar-refractivity contribution < 1.29 is 0 Å². The molecule has 1 rings (SSSR count). The fourth-order valence-corrected chi connectivity index (χ4v) is 0.733. The first-order valence-electron chi connectivity index (χ1n) is 2.73. The number of nitrogens with zero attached hydrogens (tertiary/aromatic N) is 1. The molecule has 1 aliphatic rings. The Morgan fingerprint density at radius 2 is 2.38 bits per heavy atom. The maximum atomic E-state index is 4.04. The van der Waals surface area contributed by atoms with Crippen molar-refractivity contribution in [2.24, 2.45) is 4.99 Å². The lowest BCUT2D eigenvalue weighted by molar-refractivity contribution is 1.22. The number of allylic oxidation sites excluding steroid dienone is 1. The van der Waals surface area contributed by atoms with Crippen molar-refractivity contribution in [3.63, 3.8) is 0 Å². The molecule has 8 heavy (non-hydrogen) atoms. The Morgan fingerprint density at radius 1 is 1.62 bits per heavy atom. The third-order valence-corrected chi connectivity index (χ3v) is 1.12.